The molecule has 0 aliphatic rings. The molecule has 1 rings (SSSR count). The van der Waals surface area contributed by atoms with Gasteiger partial charge in [0.15, 0.2) is 0 Å². The molecule has 60 valence electrons. The summed E-state index contributed by atoms with van der Waals surface area (Å²) in [5.74, 6) is 1.81. The van der Waals surface area contributed by atoms with Crippen LogP contribution in [-0.2, 0) is 7.05 Å². The lowest BCUT2D eigenvalue weighted by Gasteiger charge is -1.96. The van der Waals surface area contributed by atoms with Crippen molar-refractivity contribution in [3.05, 3.63) is 18.6 Å². The van der Waals surface area contributed by atoms with Gasteiger partial charge in [-0.15, -0.1) is 0 Å². The van der Waals surface area contributed by atoms with E-state index in [1.807, 2.05) is 31.8 Å². The number of nitrogens with zero attached hydrogens (tertiary/aromatic N) is 2. The lowest BCUT2D eigenvalue weighted by atomic mass is 10.3. The van der Waals surface area contributed by atoms with E-state index in [2.05, 4.69) is 16.9 Å². The van der Waals surface area contributed by atoms with Gasteiger partial charge in [0, 0.05) is 20.3 Å². The van der Waals surface area contributed by atoms with E-state index in [0.717, 1.165) is 17.2 Å². The van der Waals surface area contributed by atoms with Crippen molar-refractivity contribution in [1.82, 2.24) is 9.55 Å². The Kier molecular flexibility index (Phi) is 1.98. The Morgan fingerprint density at radius 2 is 2.36 bits per heavy atom. The molecule has 1 heterocycles. The van der Waals surface area contributed by atoms with Gasteiger partial charge in [0.25, 0.3) is 0 Å². The molecule has 0 aliphatic carbocycles. The summed E-state index contributed by atoms with van der Waals surface area (Å²) in [6.07, 6.45) is 1.93. The van der Waals surface area contributed by atoms with E-state index in [9.17, 15) is 0 Å². The fourth-order valence-corrected chi connectivity index (χ4v) is 0.983. The second-order valence-corrected chi connectivity index (χ2v) is 2.59. The van der Waals surface area contributed by atoms with Crippen LogP contribution in [0.3, 0.4) is 0 Å². The molecule has 11 heavy (non-hydrogen) atoms. The topological polar surface area (TPSA) is 29.9 Å². The highest BCUT2D eigenvalue weighted by atomic mass is 15.1. The third-order valence-electron chi connectivity index (χ3n) is 1.51. The molecule has 0 radical (unpaired) electrons. The Labute approximate surface area is 66.8 Å². The summed E-state index contributed by atoms with van der Waals surface area (Å²) in [5, 5.41) is 2.97. The quantitative estimate of drug-likeness (QED) is 0.694. The standard InChI is InChI=1S/C8H13N3/c1-6(2)8-10-7(9-3)5-11(8)4/h5,9H,1H2,2-4H3. The minimum Gasteiger partial charge on any atom is -0.372 e. The van der Waals surface area contributed by atoms with E-state index in [1.54, 1.807) is 0 Å². The number of hydrogen-bond donors (Lipinski definition) is 1. The number of hydrogen-bond acceptors (Lipinski definition) is 2. The van der Waals surface area contributed by atoms with E-state index in [0.29, 0.717) is 0 Å². The maximum absolute atomic E-state index is 4.28. The molecule has 0 bridgehead atoms. The maximum Gasteiger partial charge on any atom is 0.144 e. The first kappa shape index (κ1) is 7.85. The van der Waals surface area contributed by atoms with Crippen molar-refractivity contribution in [2.75, 3.05) is 12.4 Å². The number of rotatable bonds is 2. The van der Waals surface area contributed by atoms with Crippen molar-refractivity contribution in [2.24, 2.45) is 7.05 Å². The van der Waals surface area contributed by atoms with Gasteiger partial charge < -0.3 is 9.88 Å². The summed E-state index contributed by atoms with van der Waals surface area (Å²) < 4.78 is 1.95. The van der Waals surface area contributed by atoms with Crippen molar-refractivity contribution in [1.29, 1.82) is 0 Å². The second kappa shape index (κ2) is 2.78. The average Bonchev–Trinajstić information content (AvgIpc) is 2.30. The zero-order chi connectivity index (χ0) is 8.43. The number of anilines is 1. The first-order valence-corrected chi connectivity index (χ1v) is 3.52. The lowest BCUT2D eigenvalue weighted by Crippen LogP contribution is -1.92. The third-order valence-corrected chi connectivity index (χ3v) is 1.51. The normalized spacial score (nSPS) is 9.73. The fraction of sp³-hybridized carbons (Fsp3) is 0.375. The summed E-state index contributed by atoms with van der Waals surface area (Å²) in [6.45, 7) is 5.77. The van der Waals surface area contributed by atoms with Gasteiger partial charge in [-0.05, 0) is 12.5 Å². The maximum atomic E-state index is 4.28. The van der Waals surface area contributed by atoms with Gasteiger partial charge in [0.2, 0.25) is 0 Å². The van der Waals surface area contributed by atoms with Gasteiger partial charge in [-0.1, -0.05) is 6.58 Å². The Hall–Kier alpha value is -1.25. The predicted molar refractivity (Wildman–Crippen MR) is 47.5 cm³/mol. The predicted octanol–water partition coefficient (Wildman–Crippen LogP) is 1.49. The van der Waals surface area contributed by atoms with Crippen LogP contribution in [0.15, 0.2) is 12.8 Å². The Morgan fingerprint density at radius 1 is 1.73 bits per heavy atom. The van der Waals surface area contributed by atoms with Crippen LogP contribution in [0, 0.1) is 0 Å². The van der Waals surface area contributed by atoms with Crippen molar-refractivity contribution in [2.45, 2.75) is 6.92 Å². The highest BCUT2D eigenvalue weighted by Crippen LogP contribution is 2.12. The van der Waals surface area contributed by atoms with Gasteiger partial charge in [0.05, 0.1) is 0 Å². The minimum absolute atomic E-state index is 0.880. The summed E-state index contributed by atoms with van der Waals surface area (Å²) in [5.41, 5.74) is 0.981. The molecule has 1 aromatic heterocycles. The summed E-state index contributed by atoms with van der Waals surface area (Å²) >= 11 is 0. The summed E-state index contributed by atoms with van der Waals surface area (Å²) in [6, 6.07) is 0. The highest BCUT2D eigenvalue weighted by molar-refractivity contribution is 5.57. The highest BCUT2D eigenvalue weighted by Gasteiger charge is 2.02. The van der Waals surface area contributed by atoms with Crippen LogP contribution in [-0.4, -0.2) is 16.6 Å². The number of aromatic nitrogens is 2. The molecular weight excluding hydrogens is 138 g/mol. The van der Waals surface area contributed by atoms with Crippen molar-refractivity contribution in [3.63, 3.8) is 0 Å². The molecule has 0 atom stereocenters. The van der Waals surface area contributed by atoms with E-state index in [1.165, 1.54) is 0 Å². The molecule has 0 fully saturated rings. The third kappa shape index (κ3) is 1.42. The molecule has 0 saturated carbocycles. The molecule has 3 nitrogen and oxygen atoms in total. The van der Waals surface area contributed by atoms with Crippen LogP contribution in [0.2, 0.25) is 0 Å². The van der Waals surface area contributed by atoms with Crippen LogP contribution in [0.5, 0.6) is 0 Å². The van der Waals surface area contributed by atoms with Gasteiger partial charge in [0.1, 0.15) is 11.6 Å². The largest absolute Gasteiger partial charge is 0.372 e. The molecule has 1 N–H and O–H groups in total. The van der Waals surface area contributed by atoms with Crippen LogP contribution >= 0.6 is 0 Å². The van der Waals surface area contributed by atoms with Crippen LogP contribution in [0.25, 0.3) is 5.57 Å². The molecule has 0 aliphatic heterocycles. The van der Waals surface area contributed by atoms with Crippen LogP contribution in [0.1, 0.15) is 12.7 Å². The molecule has 0 amide bonds. The van der Waals surface area contributed by atoms with Crippen molar-refractivity contribution in [3.8, 4) is 0 Å². The van der Waals surface area contributed by atoms with E-state index < -0.39 is 0 Å². The molecule has 0 saturated heterocycles. The molecule has 0 unspecified atom stereocenters. The number of nitrogens with one attached hydrogen (secondary N) is 1. The molecule has 3 heteroatoms. The van der Waals surface area contributed by atoms with Crippen molar-refractivity contribution < 1.29 is 0 Å². The Bertz CT molecular complexity index is 273. The van der Waals surface area contributed by atoms with Gasteiger partial charge >= 0.3 is 0 Å². The summed E-state index contributed by atoms with van der Waals surface area (Å²) in [7, 11) is 3.81. The monoisotopic (exact) mass is 151 g/mol. The van der Waals surface area contributed by atoms with Gasteiger partial charge in [-0.25, -0.2) is 4.98 Å². The first-order chi connectivity index (χ1) is 5.15. The number of aryl methyl sites for hydroxylation is 1. The second-order valence-electron chi connectivity index (χ2n) is 2.59. The summed E-state index contributed by atoms with van der Waals surface area (Å²) in [4.78, 5) is 4.28. The van der Waals surface area contributed by atoms with E-state index in [4.69, 9.17) is 0 Å². The smallest absolute Gasteiger partial charge is 0.144 e. The average molecular weight is 151 g/mol. The Morgan fingerprint density at radius 3 is 2.64 bits per heavy atom. The zero-order valence-corrected chi connectivity index (χ0v) is 7.18. The molecule has 1 aromatic rings. The zero-order valence-electron chi connectivity index (χ0n) is 7.18. The van der Waals surface area contributed by atoms with E-state index >= 15 is 0 Å². The van der Waals surface area contributed by atoms with Gasteiger partial charge in [-0.2, -0.15) is 0 Å². The number of allylic oxidation sites excluding steroid dienone is 1. The number of imidazole rings is 1. The van der Waals surface area contributed by atoms with Gasteiger partial charge in [-0.3, -0.25) is 0 Å². The molecular formula is C8H13N3. The van der Waals surface area contributed by atoms with Crippen LogP contribution in [0.4, 0.5) is 5.82 Å². The lowest BCUT2D eigenvalue weighted by molar-refractivity contribution is 0.889. The minimum atomic E-state index is 0.880. The SMILES string of the molecule is C=C(C)c1nc(NC)cn1C. The van der Waals surface area contributed by atoms with E-state index in [-0.39, 0.29) is 0 Å². The molecule has 0 spiro atoms. The Balaban J connectivity index is 3.07. The molecule has 0 aromatic carbocycles. The van der Waals surface area contributed by atoms with Crippen LogP contribution < -0.4 is 5.32 Å². The fourth-order valence-electron chi connectivity index (χ4n) is 0.983. The first-order valence-electron chi connectivity index (χ1n) is 3.52. The van der Waals surface area contributed by atoms with Crippen molar-refractivity contribution >= 4 is 11.4 Å².